The standard InChI is InChI=1S/C20H27NO2.C2H6/c1-6-15-13-21(20(22)18(15)7-2)19(8-3)16-9-11-17(12-10-16)23-14(4)5;1-2/h7,9-12,14,19H,2,6,8,13H2,1,3-5H3;1-2H3. The minimum Gasteiger partial charge on any atom is -0.491 e. The summed E-state index contributed by atoms with van der Waals surface area (Å²) < 4.78 is 5.70. The number of carbonyl (C=O) groups excluding carboxylic acids is 1. The predicted molar refractivity (Wildman–Crippen MR) is 106 cm³/mol. The van der Waals surface area contributed by atoms with Gasteiger partial charge in [-0.15, -0.1) is 0 Å². The van der Waals surface area contributed by atoms with Gasteiger partial charge in [-0.2, -0.15) is 0 Å². The predicted octanol–water partition coefficient (Wildman–Crippen LogP) is 5.69. The minimum absolute atomic E-state index is 0.0922. The molecule has 0 bridgehead atoms. The van der Waals surface area contributed by atoms with E-state index in [1.165, 1.54) is 5.57 Å². The maximum atomic E-state index is 12.7. The zero-order valence-corrected chi connectivity index (χ0v) is 16.6. The third-order valence-electron chi connectivity index (χ3n) is 4.26. The third kappa shape index (κ3) is 4.97. The summed E-state index contributed by atoms with van der Waals surface area (Å²) in [6.07, 6.45) is 3.64. The average Bonchev–Trinajstić information content (AvgIpc) is 2.94. The Labute approximate surface area is 153 Å². The van der Waals surface area contributed by atoms with Crippen molar-refractivity contribution in [2.75, 3.05) is 6.54 Å². The second-order valence-electron chi connectivity index (χ2n) is 6.17. The fourth-order valence-electron chi connectivity index (χ4n) is 3.13. The highest BCUT2D eigenvalue weighted by Crippen LogP contribution is 2.33. The van der Waals surface area contributed by atoms with Crippen LogP contribution >= 0.6 is 0 Å². The SMILES string of the molecule is C=CC1=C(CC)CN(C(CC)c2ccc(OC(C)C)cc2)C1=O.CC. The zero-order valence-electron chi connectivity index (χ0n) is 16.6. The van der Waals surface area contributed by atoms with E-state index in [2.05, 4.69) is 32.6 Å². The summed E-state index contributed by atoms with van der Waals surface area (Å²) in [6, 6.07) is 8.20. The maximum Gasteiger partial charge on any atom is 0.254 e. The number of carbonyl (C=O) groups is 1. The molecule has 0 spiro atoms. The van der Waals surface area contributed by atoms with Crippen molar-refractivity contribution in [2.24, 2.45) is 0 Å². The first-order valence-electron chi connectivity index (χ1n) is 9.43. The molecule has 1 amide bonds. The lowest BCUT2D eigenvalue weighted by atomic mass is 10.0. The van der Waals surface area contributed by atoms with Crippen LogP contribution in [0, 0.1) is 0 Å². The summed E-state index contributed by atoms with van der Waals surface area (Å²) >= 11 is 0. The molecule has 0 saturated carbocycles. The van der Waals surface area contributed by atoms with E-state index in [9.17, 15) is 4.79 Å². The van der Waals surface area contributed by atoms with Crippen LogP contribution in [0.3, 0.4) is 0 Å². The normalized spacial score (nSPS) is 15.2. The van der Waals surface area contributed by atoms with Crippen molar-refractivity contribution in [3.8, 4) is 5.75 Å². The van der Waals surface area contributed by atoms with Gasteiger partial charge in [-0.25, -0.2) is 0 Å². The Morgan fingerprint density at radius 2 is 1.80 bits per heavy atom. The fraction of sp³-hybridized carbons (Fsp3) is 0.500. The molecule has 0 aromatic heterocycles. The molecule has 1 atom stereocenters. The van der Waals surface area contributed by atoms with Gasteiger partial charge in [-0.3, -0.25) is 4.79 Å². The number of hydrogen-bond acceptors (Lipinski definition) is 2. The summed E-state index contributed by atoms with van der Waals surface area (Å²) in [5.74, 6) is 0.969. The van der Waals surface area contributed by atoms with Gasteiger partial charge in [-0.1, -0.05) is 52.5 Å². The van der Waals surface area contributed by atoms with Crippen molar-refractivity contribution in [1.29, 1.82) is 0 Å². The maximum absolute atomic E-state index is 12.7. The summed E-state index contributed by atoms with van der Waals surface area (Å²) in [5.41, 5.74) is 3.12. The van der Waals surface area contributed by atoms with E-state index in [4.69, 9.17) is 4.74 Å². The van der Waals surface area contributed by atoms with Gasteiger partial charge in [0.2, 0.25) is 0 Å². The van der Waals surface area contributed by atoms with Crippen LogP contribution in [0.4, 0.5) is 0 Å². The van der Waals surface area contributed by atoms with Gasteiger partial charge < -0.3 is 9.64 Å². The Morgan fingerprint density at radius 1 is 1.20 bits per heavy atom. The molecule has 1 aromatic rings. The van der Waals surface area contributed by atoms with Gasteiger partial charge in [-0.05, 0) is 50.0 Å². The number of benzene rings is 1. The largest absolute Gasteiger partial charge is 0.491 e. The van der Waals surface area contributed by atoms with Crippen LogP contribution in [0.15, 0.2) is 48.1 Å². The molecule has 1 aromatic carbocycles. The monoisotopic (exact) mass is 343 g/mol. The summed E-state index contributed by atoms with van der Waals surface area (Å²) in [5, 5.41) is 0. The lowest BCUT2D eigenvalue weighted by Gasteiger charge is -2.28. The van der Waals surface area contributed by atoms with Gasteiger partial charge in [0.25, 0.3) is 5.91 Å². The van der Waals surface area contributed by atoms with Gasteiger partial charge in [0.05, 0.1) is 12.1 Å². The Bertz CT molecular complexity index is 599. The Balaban J connectivity index is 0.00000151. The smallest absolute Gasteiger partial charge is 0.254 e. The molecule has 3 heteroatoms. The van der Waals surface area contributed by atoms with Crippen LogP contribution in [0.5, 0.6) is 5.75 Å². The molecule has 3 nitrogen and oxygen atoms in total. The second kappa shape index (κ2) is 10.1. The van der Waals surface area contributed by atoms with Crippen LogP contribution < -0.4 is 4.74 Å². The summed E-state index contributed by atoms with van der Waals surface area (Å²) in [4.78, 5) is 14.6. The Kier molecular flexibility index (Phi) is 8.47. The Morgan fingerprint density at radius 3 is 2.20 bits per heavy atom. The van der Waals surface area contributed by atoms with Crippen molar-refractivity contribution in [2.45, 2.75) is 66.5 Å². The highest BCUT2D eigenvalue weighted by atomic mass is 16.5. The molecule has 1 unspecified atom stereocenters. The first-order chi connectivity index (χ1) is 12.0. The van der Waals surface area contributed by atoms with Crippen LogP contribution in [-0.2, 0) is 4.79 Å². The summed E-state index contributed by atoms with van der Waals surface area (Å²) in [6.45, 7) is 16.7. The topological polar surface area (TPSA) is 29.5 Å². The molecule has 138 valence electrons. The van der Waals surface area contributed by atoms with Gasteiger partial charge >= 0.3 is 0 Å². The average molecular weight is 344 g/mol. The molecular weight excluding hydrogens is 310 g/mol. The molecule has 0 N–H and O–H groups in total. The lowest BCUT2D eigenvalue weighted by molar-refractivity contribution is -0.127. The number of nitrogens with zero attached hydrogens (tertiary/aromatic N) is 1. The van der Waals surface area contributed by atoms with Crippen molar-refractivity contribution in [3.63, 3.8) is 0 Å². The lowest BCUT2D eigenvalue weighted by Crippen LogP contribution is -2.31. The van der Waals surface area contributed by atoms with Gasteiger partial charge in [0.1, 0.15) is 5.75 Å². The van der Waals surface area contributed by atoms with E-state index >= 15 is 0 Å². The van der Waals surface area contributed by atoms with Crippen molar-refractivity contribution in [1.82, 2.24) is 4.90 Å². The highest BCUT2D eigenvalue weighted by Gasteiger charge is 2.32. The molecule has 0 aliphatic carbocycles. The van der Waals surface area contributed by atoms with Crippen LogP contribution in [0.1, 0.15) is 66.0 Å². The van der Waals surface area contributed by atoms with Crippen molar-refractivity contribution in [3.05, 3.63) is 53.6 Å². The molecular formula is C22H33NO2. The third-order valence-corrected chi connectivity index (χ3v) is 4.26. The molecule has 1 heterocycles. The molecule has 2 rings (SSSR count). The molecule has 1 aliphatic heterocycles. The molecule has 1 aliphatic rings. The molecule has 0 radical (unpaired) electrons. The van der Waals surface area contributed by atoms with Crippen LogP contribution in [0.2, 0.25) is 0 Å². The highest BCUT2D eigenvalue weighted by molar-refractivity contribution is 5.99. The fourth-order valence-corrected chi connectivity index (χ4v) is 3.13. The zero-order chi connectivity index (χ0) is 19.0. The first kappa shape index (κ1) is 21.0. The van der Waals surface area contributed by atoms with Crippen LogP contribution in [-0.4, -0.2) is 23.5 Å². The van der Waals surface area contributed by atoms with E-state index in [0.29, 0.717) is 6.54 Å². The van der Waals surface area contributed by atoms with Crippen molar-refractivity contribution < 1.29 is 9.53 Å². The summed E-state index contributed by atoms with van der Waals surface area (Å²) in [7, 11) is 0. The number of amides is 1. The minimum atomic E-state index is 0.0922. The number of hydrogen-bond donors (Lipinski definition) is 0. The van der Waals surface area contributed by atoms with Gasteiger partial charge in [0, 0.05) is 12.1 Å². The molecule has 0 saturated heterocycles. The molecule has 25 heavy (non-hydrogen) atoms. The van der Waals surface area contributed by atoms with Crippen molar-refractivity contribution >= 4 is 5.91 Å². The number of rotatable bonds is 7. The molecule has 0 fully saturated rings. The van der Waals surface area contributed by atoms with E-state index < -0.39 is 0 Å². The second-order valence-corrected chi connectivity index (χ2v) is 6.17. The van der Waals surface area contributed by atoms with E-state index in [-0.39, 0.29) is 18.1 Å². The van der Waals surface area contributed by atoms with E-state index in [0.717, 1.165) is 29.7 Å². The quantitative estimate of drug-likeness (QED) is 0.637. The van der Waals surface area contributed by atoms with Gasteiger partial charge in [0.15, 0.2) is 0 Å². The number of ether oxygens (including phenoxy) is 1. The Hall–Kier alpha value is -2.03. The van der Waals surface area contributed by atoms with Crippen LogP contribution in [0.25, 0.3) is 0 Å². The first-order valence-corrected chi connectivity index (χ1v) is 9.43. The van der Waals surface area contributed by atoms with E-state index in [1.807, 2.05) is 44.7 Å². The van der Waals surface area contributed by atoms with E-state index in [1.54, 1.807) is 6.08 Å².